The van der Waals surface area contributed by atoms with Crippen LogP contribution in [0.3, 0.4) is 0 Å². The van der Waals surface area contributed by atoms with E-state index in [-0.39, 0.29) is 42.4 Å². The largest absolute Gasteiger partial charge is 1.00 e. The van der Waals surface area contributed by atoms with Crippen molar-refractivity contribution in [2.45, 2.75) is 64.7 Å². The molecule has 5 heteroatoms. The molecule has 0 aliphatic rings. The van der Waals surface area contributed by atoms with Gasteiger partial charge in [0.25, 0.3) is 0 Å². The van der Waals surface area contributed by atoms with Gasteiger partial charge in [-0.25, -0.2) is 0 Å². The number of aliphatic carboxylic acids is 1. The van der Waals surface area contributed by atoms with Crippen LogP contribution in [-0.2, 0) is 14.3 Å². The Labute approximate surface area is 132 Å². The zero-order valence-electron chi connectivity index (χ0n) is 11.7. The van der Waals surface area contributed by atoms with Gasteiger partial charge in [-0.3, -0.25) is 4.79 Å². The first-order chi connectivity index (χ1) is 8.16. The van der Waals surface area contributed by atoms with Crippen LogP contribution in [0.4, 0.5) is 0 Å². The Kier molecular flexibility index (Phi) is 16.9. The smallest absolute Gasteiger partial charge is 0.550 e. The maximum Gasteiger partial charge on any atom is 1.00 e. The van der Waals surface area contributed by atoms with E-state index < -0.39 is 11.9 Å². The second kappa shape index (κ2) is 15.0. The summed E-state index contributed by atoms with van der Waals surface area (Å²) in [4.78, 5) is 21.1. The predicted molar refractivity (Wildman–Crippen MR) is 63.2 cm³/mol. The molecule has 0 atom stereocenters. The van der Waals surface area contributed by atoms with Crippen molar-refractivity contribution >= 4 is 11.9 Å². The molecule has 0 aliphatic heterocycles. The van der Waals surface area contributed by atoms with Gasteiger partial charge in [-0.15, -0.1) is 0 Å². The molecule has 4 nitrogen and oxygen atoms in total. The molecule has 0 aliphatic carbocycles. The van der Waals surface area contributed by atoms with Gasteiger partial charge in [-0.1, -0.05) is 45.4 Å². The van der Waals surface area contributed by atoms with Crippen LogP contribution in [0.1, 0.15) is 64.7 Å². The Hall–Kier alpha value is -0.0600. The van der Waals surface area contributed by atoms with Crippen molar-refractivity contribution in [2.75, 3.05) is 6.61 Å². The second-order valence-corrected chi connectivity index (χ2v) is 4.21. The van der Waals surface area contributed by atoms with Crippen LogP contribution in [0, 0.1) is 0 Å². The average Bonchev–Trinajstić information content (AvgIpc) is 2.30. The fraction of sp³-hybridized carbons (Fsp3) is 0.846. The van der Waals surface area contributed by atoms with Gasteiger partial charge in [0.05, 0.1) is 13.0 Å². The molecule has 0 fully saturated rings. The molecule has 0 heterocycles. The fourth-order valence-electron chi connectivity index (χ4n) is 1.52. The maximum absolute atomic E-state index is 11.0. The number of carbonyl (C=O) groups excluding carboxylic acids is 2. The van der Waals surface area contributed by atoms with E-state index >= 15 is 0 Å². The molecule has 100 valence electrons. The molecule has 0 saturated heterocycles. The number of carboxylic acid groups (broad SMARTS) is 1. The number of hydrogen-bond donors (Lipinski definition) is 0. The van der Waals surface area contributed by atoms with Crippen molar-refractivity contribution < 1.29 is 49.0 Å². The minimum atomic E-state index is -1.21. The summed E-state index contributed by atoms with van der Waals surface area (Å²) in [5.41, 5.74) is 0. The molecular weight excluding hydrogens is 243 g/mol. The van der Waals surface area contributed by atoms with Crippen LogP contribution in [-0.4, -0.2) is 18.5 Å². The molecular formula is C13H23NaO4. The number of unbranched alkanes of at least 4 members (excludes halogenated alkanes) is 6. The standard InChI is InChI=1S/C13H24O4.Na/c1-2-3-4-5-6-7-8-11-17-13(16)10-9-12(14)15;/h2-11H2,1H3,(H,14,15);/q;+1/p-1. The first kappa shape index (κ1) is 20.3. The topological polar surface area (TPSA) is 66.4 Å². The Morgan fingerprint density at radius 3 is 2.06 bits per heavy atom. The van der Waals surface area contributed by atoms with E-state index in [1.807, 2.05) is 0 Å². The molecule has 0 unspecified atom stereocenters. The molecule has 0 N–H and O–H groups in total. The summed E-state index contributed by atoms with van der Waals surface area (Å²) in [6.45, 7) is 2.59. The van der Waals surface area contributed by atoms with E-state index in [0.717, 1.165) is 12.8 Å². The maximum atomic E-state index is 11.0. The van der Waals surface area contributed by atoms with Crippen molar-refractivity contribution in [2.24, 2.45) is 0 Å². The van der Waals surface area contributed by atoms with E-state index in [0.29, 0.717) is 6.61 Å². The molecule has 0 bridgehead atoms. The van der Waals surface area contributed by atoms with Crippen LogP contribution in [0.25, 0.3) is 0 Å². The van der Waals surface area contributed by atoms with E-state index in [4.69, 9.17) is 4.74 Å². The van der Waals surface area contributed by atoms with Crippen LogP contribution < -0.4 is 34.7 Å². The summed E-state index contributed by atoms with van der Waals surface area (Å²) in [6.07, 6.45) is 7.83. The van der Waals surface area contributed by atoms with E-state index in [2.05, 4.69) is 6.92 Å². The van der Waals surface area contributed by atoms with Gasteiger partial charge >= 0.3 is 35.5 Å². The predicted octanol–water partition coefficient (Wildman–Crippen LogP) is -1.19. The van der Waals surface area contributed by atoms with Crippen LogP contribution in [0.15, 0.2) is 0 Å². The van der Waals surface area contributed by atoms with Crippen LogP contribution in [0.5, 0.6) is 0 Å². The number of ether oxygens (including phenoxy) is 1. The van der Waals surface area contributed by atoms with Crippen LogP contribution >= 0.6 is 0 Å². The molecule has 0 amide bonds. The second-order valence-electron chi connectivity index (χ2n) is 4.21. The average molecular weight is 266 g/mol. The minimum absolute atomic E-state index is 0. The van der Waals surface area contributed by atoms with Crippen molar-refractivity contribution in [1.82, 2.24) is 0 Å². The monoisotopic (exact) mass is 266 g/mol. The molecule has 0 aromatic carbocycles. The third-order valence-electron chi connectivity index (χ3n) is 2.54. The van der Waals surface area contributed by atoms with Gasteiger partial charge in [0.2, 0.25) is 0 Å². The Balaban J connectivity index is 0. The quantitative estimate of drug-likeness (QED) is 0.268. The molecule has 0 aromatic heterocycles. The molecule has 0 radical (unpaired) electrons. The molecule has 0 saturated carbocycles. The van der Waals surface area contributed by atoms with Crippen molar-refractivity contribution in [3.63, 3.8) is 0 Å². The normalized spacial score (nSPS) is 9.61. The van der Waals surface area contributed by atoms with Gasteiger partial charge in [0, 0.05) is 5.97 Å². The molecule has 18 heavy (non-hydrogen) atoms. The molecule has 0 spiro atoms. The third kappa shape index (κ3) is 15.9. The van der Waals surface area contributed by atoms with Gasteiger partial charge in [-0.2, -0.15) is 0 Å². The number of esters is 1. The Morgan fingerprint density at radius 2 is 1.50 bits per heavy atom. The minimum Gasteiger partial charge on any atom is -0.550 e. The summed E-state index contributed by atoms with van der Waals surface area (Å²) in [7, 11) is 0. The SMILES string of the molecule is CCCCCCCCCOC(=O)CCC(=O)[O-].[Na+]. The number of carboxylic acids is 1. The third-order valence-corrected chi connectivity index (χ3v) is 2.54. The van der Waals surface area contributed by atoms with Crippen molar-refractivity contribution in [3.8, 4) is 0 Å². The molecule has 0 aromatic rings. The van der Waals surface area contributed by atoms with Gasteiger partial charge in [-0.05, 0) is 12.8 Å². The van der Waals surface area contributed by atoms with E-state index in [1.54, 1.807) is 0 Å². The summed E-state index contributed by atoms with van der Waals surface area (Å²) >= 11 is 0. The first-order valence-electron chi connectivity index (χ1n) is 6.52. The summed E-state index contributed by atoms with van der Waals surface area (Å²) in [6, 6.07) is 0. The Bertz CT molecular complexity index is 219. The zero-order chi connectivity index (χ0) is 12.9. The number of hydrogen-bond acceptors (Lipinski definition) is 4. The van der Waals surface area contributed by atoms with E-state index in [9.17, 15) is 14.7 Å². The van der Waals surface area contributed by atoms with Crippen molar-refractivity contribution in [3.05, 3.63) is 0 Å². The summed E-state index contributed by atoms with van der Waals surface area (Å²) in [5, 5.41) is 10.1. The number of rotatable bonds is 11. The number of carbonyl (C=O) groups is 2. The summed E-state index contributed by atoms with van der Waals surface area (Å²) < 4.78 is 4.89. The van der Waals surface area contributed by atoms with Gasteiger partial charge in [0.1, 0.15) is 0 Å². The Morgan fingerprint density at radius 1 is 0.944 bits per heavy atom. The van der Waals surface area contributed by atoms with Gasteiger partial charge < -0.3 is 14.6 Å². The molecule has 0 rings (SSSR count). The first-order valence-corrected chi connectivity index (χ1v) is 6.52. The zero-order valence-corrected chi connectivity index (χ0v) is 13.7. The fourth-order valence-corrected chi connectivity index (χ4v) is 1.52. The van der Waals surface area contributed by atoms with Crippen molar-refractivity contribution in [1.29, 1.82) is 0 Å². The van der Waals surface area contributed by atoms with E-state index in [1.165, 1.54) is 32.1 Å². The van der Waals surface area contributed by atoms with Gasteiger partial charge in [0.15, 0.2) is 0 Å². The summed E-state index contributed by atoms with van der Waals surface area (Å²) in [5.74, 6) is -1.65. The van der Waals surface area contributed by atoms with Crippen LogP contribution in [0.2, 0.25) is 0 Å².